The number of nitrogen functional groups attached to an aromatic ring is 1. The summed E-state index contributed by atoms with van der Waals surface area (Å²) in [6.45, 7) is 1.79. The van der Waals surface area contributed by atoms with Crippen molar-refractivity contribution in [2.45, 2.75) is 13.0 Å². The number of nitrogens with one attached hydrogen (secondary N) is 2. The number of rotatable bonds is 3. The zero-order chi connectivity index (χ0) is 13.1. The van der Waals surface area contributed by atoms with E-state index in [0.717, 1.165) is 0 Å². The van der Waals surface area contributed by atoms with E-state index in [4.69, 9.17) is 5.73 Å². The maximum atomic E-state index is 13.1. The number of halogens is 1. The highest BCUT2D eigenvalue weighted by Crippen LogP contribution is 2.14. The zero-order valence-corrected chi connectivity index (χ0v) is 9.91. The van der Waals surface area contributed by atoms with E-state index in [1.165, 1.54) is 12.1 Å². The van der Waals surface area contributed by atoms with Crippen LogP contribution in [0.25, 0.3) is 0 Å². The van der Waals surface area contributed by atoms with Crippen molar-refractivity contribution in [2.75, 3.05) is 5.73 Å². The van der Waals surface area contributed by atoms with Crippen LogP contribution in [0, 0.1) is 5.82 Å². The molecule has 0 aliphatic carbocycles. The highest BCUT2D eigenvalue weighted by Gasteiger charge is 2.12. The summed E-state index contributed by atoms with van der Waals surface area (Å²) in [6.07, 6.45) is 1.54. The molecule has 4 N–H and O–H groups in total. The first kappa shape index (κ1) is 12.2. The number of anilines is 1. The molecule has 0 bridgehead atoms. The Bertz CT molecular complexity index is 565. The van der Waals surface area contributed by atoms with Crippen molar-refractivity contribution in [3.63, 3.8) is 0 Å². The topological polar surface area (TPSA) is 70.9 Å². The summed E-state index contributed by atoms with van der Waals surface area (Å²) in [4.78, 5) is 14.6. The van der Waals surface area contributed by atoms with E-state index in [2.05, 4.69) is 10.3 Å². The maximum absolute atomic E-state index is 13.1. The van der Waals surface area contributed by atoms with E-state index in [1.807, 2.05) is 0 Å². The molecule has 1 aromatic heterocycles. The van der Waals surface area contributed by atoms with Crippen LogP contribution >= 0.6 is 0 Å². The van der Waals surface area contributed by atoms with Gasteiger partial charge in [0.1, 0.15) is 11.5 Å². The Kier molecular flexibility index (Phi) is 3.32. The second kappa shape index (κ2) is 4.91. The third-order valence-corrected chi connectivity index (χ3v) is 2.65. The van der Waals surface area contributed by atoms with E-state index in [1.54, 1.807) is 31.3 Å². The van der Waals surface area contributed by atoms with Crippen LogP contribution in [0.15, 0.2) is 36.5 Å². The predicted molar refractivity (Wildman–Crippen MR) is 67.5 cm³/mol. The van der Waals surface area contributed by atoms with Crippen LogP contribution in [-0.4, -0.2) is 10.9 Å². The summed E-state index contributed by atoms with van der Waals surface area (Å²) in [5.41, 5.74) is 7.11. The standard InChI is InChI=1S/C13H14FN3O/c1-8(9-3-2-4-10(14)5-9)17-13(18)12-6-11(15)7-16-12/h2-8,16H,15H2,1H3,(H,17,18). The minimum atomic E-state index is -0.322. The average Bonchev–Trinajstić information content (AvgIpc) is 2.76. The molecule has 0 spiro atoms. The third-order valence-electron chi connectivity index (χ3n) is 2.65. The van der Waals surface area contributed by atoms with Gasteiger partial charge in [-0.1, -0.05) is 12.1 Å². The molecular formula is C13H14FN3O. The van der Waals surface area contributed by atoms with Crippen molar-refractivity contribution in [1.29, 1.82) is 0 Å². The van der Waals surface area contributed by atoms with Gasteiger partial charge < -0.3 is 16.0 Å². The van der Waals surface area contributed by atoms with E-state index in [0.29, 0.717) is 16.9 Å². The Labute approximate surface area is 104 Å². The minimum absolute atomic E-state index is 0.275. The molecule has 0 aliphatic rings. The molecule has 0 aliphatic heterocycles. The lowest BCUT2D eigenvalue weighted by molar-refractivity contribution is 0.0935. The number of aromatic nitrogens is 1. The molecule has 0 saturated carbocycles. The molecule has 0 fully saturated rings. The first-order valence-electron chi connectivity index (χ1n) is 5.56. The van der Waals surface area contributed by atoms with Crippen molar-refractivity contribution < 1.29 is 9.18 Å². The molecule has 18 heavy (non-hydrogen) atoms. The fraction of sp³-hybridized carbons (Fsp3) is 0.154. The lowest BCUT2D eigenvalue weighted by Gasteiger charge is -2.13. The molecule has 0 saturated heterocycles. The van der Waals surface area contributed by atoms with Gasteiger partial charge in [0.25, 0.3) is 5.91 Å². The van der Waals surface area contributed by atoms with Crippen LogP contribution < -0.4 is 11.1 Å². The van der Waals surface area contributed by atoms with Gasteiger partial charge in [-0.15, -0.1) is 0 Å². The predicted octanol–water partition coefficient (Wildman–Crippen LogP) is 2.23. The highest BCUT2D eigenvalue weighted by atomic mass is 19.1. The second-order valence-corrected chi connectivity index (χ2v) is 4.10. The maximum Gasteiger partial charge on any atom is 0.268 e. The van der Waals surface area contributed by atoms with Gasteiger partial charge in [-0.05, 0) is 30.7 Å². The first-order valence-corrected chi connectivity index (χ1v) is 5.56. The summed E-state index contributed by atoms with van der Waals surface area (Å²) >= 11 is 0. The monoisotopic (exact) mass is 247 g/mol. The zero-order valence-electron chi connectivity index (χ0n) is 9.91. The van der Waals surface area contributed by atoms with Crippen LogP contribution in [0.1, 0.15) is 29.0 Å². The van der Waals surface area contributed by atoms with Crippen LogP contribution in [0.5, 0.6) is 0 Å². The Morgan fingerprint density at radius 3 is 2.83 bits per heavy atom. The molecule has 94 valence electrons. The average molecular weight is 247 g/mol. The fourth-order valence-electron chi connectivity index (χ4n) is 1.68. The number of nitrogens with two attached hydrogens (primary N) is 1. The number of hydrogen-bond acceptors (Lipinski definition) is 2. The van der Waals surface area contributed by atoms with Gasteiger partial charge in [0.15, 0.2) is 0 Å². The van der Waals surface area contributed by atoms with Crippen molar-refractivity contribution in [3.05, 3.63) is 53.6 Å². The van der Waals surface area contributed by atoms with E-state index in [-0.39, 0.29) is 17.8 Å². The molecule has 1 amide bonds. The van der Waals surface area contributed by atoms with Gasteiger partial charge in [-0.2, -0.15) is 0 Å². The normalized spacial score (nSPS) is 12.1. The number of benzene rings is 1. The number of carbonyl (C=O) groups excluding carboxylic acids is 1. The van der Waals surface area contributed by atoms with Crippen LogP contribution in [0.4, 0.5) is 10.1 Å². The molecule has 5 heteroatoms. The molecule has 1 atom stereocenters. The van der Waals surface area contributed by atoms with Crippen LogP contribution in [-0.2, 0) is 0 Å². The lowest BCUT2D eigenvalue weighted by atomic mass is 10.1. The van der Waals surface area contributed by atoms with Crippen molar-refractivity contribution in [1.82, 2.24) is 10.3 Å². The molecule has 4 nitrogen and oxygen atoms in total. The molecule has 2 rings (SSSR count). The first-order chi connectivity index (χ1) is 8.56. The minimum Gasteiger partial charge on any atom is -0.397 e. The molecule has 0 radical (unpaired) electrons. The summed E-state index contributed by atoms with van der Waals surface area (Å²) in [6, 6.07) is 7.40. The van der Waals surface area contributed by atoms with E-state index >= 15 is 0 Å². The van der Waals surface area contributed by atoms with Crippen molar-refractivity contribution >= 4 is 11.6 Å². The van der Waals surface area contributed by atoms with Gasteiger partial charge >= 0.3 is 0 Å². The summed E-state index contributed by atoms with van der Waals surface area (Å²) < 4.78 is 13.1. The number of amides is 1. The Hall–Kier alpha value is -2.30. The number of carbonyl (C=O) groups is 1. The molecule has 1 heterocycles. The van der Waals surface area contributed by atoms with Gasteiger partial charge in [-0.25, -0.2) is 4.39 Å². The third kappa shape index (κ3) is 2.68. The molecule has 2 aromatic rings. The molecule has 1 unspecified atom stereocenters. The van der Waals surface area contributed by atoms with Crippen molar-refractivity contribution in [3.8, 4) is 0 Å². The number of hydrogen-bond donors (Lipinski definition) is 3. The van der Waals surface area contributed by atoms with Crippen LogP contribution in [0.2, 0.25) is 0 Å². The smallest absolute Gasteiger partial charge is 0.268 e. The molecular weight excluding hydrogens is 233 g/mol. The fourth-order valence-corrected chi connectivity index (χ4v) is 1.68. The quantitative estimate of drug-likeness (QED) is 0.778. The Morgan fingerprint density at radius 1 is 1.44 bits per heavy atom. The van der Waals surface area contributed by atoms with E-state index < -0.39 is 0 Å². The van der Waals surface area contributed by atoms with Gasteiger partial charge in [0, 0.05) is 11.9 Å². The highest BCUT2D eigenvalue weighted by molar-refractivity contribution is 5.93. The summed E-state index contributed by atoms with van der Waals surface area (Å²) in [7, 11) is 0. The van der Waals surface area contributed by atoms with Gasteiger partial charge in [0.2, 0.25) is 0 Å². The number of aromatic amines is 1. The van der Waals surface area contributed by atoms with Crippen molar-refractivity contribution in [2.24, 2.45) is 0 Å². The molecule has 1 aromatic carbocycles. The summed E-state index contributed by atoms with van der Waals surface area (Å²) in [5.74, 6) is -0.596. The van der Waals surface area contributed by atoms with Gasteiger partial charge in [-0.3, -0.25) is 4.79 Å². The largest absolute Gasteiger partial charge is 0.397 e. The Morgan fingerprint density at radius 2 is 2.22 bits per heavy atom. The second-order valence-electron chi connectivity index (χ2n) is 4.10. The Balaban J connectivity index is 2.07. The van der Waals surface area contributed by atoms with E-state index in [9.17, 15) is 9.18 Å². The summed E-state index contributed by atoms with van der Waals surface area (Å²) in [5, 5.41) is 2.76. The SMILES string of the molecule is CC(NC(=O)c1cc(N)c[nH]1)c1cccc(F)c1. The lowest BCUT2D eigenvalue weighted by Crippen LogP contribution is -2.26. The number of H-pyrrole nitrogens is 1. The van der Waals surface area contributed by atoms with Crippen LogP contribution in [0.3, 0.4) is 0 Å². The van der Waals surface area contributed by atoms with Gasteiger partial charge in [0.05, 0.1) is 6.04 Å².